The van der Waals surface area contributed by atoms with Crippen LogP contribution in [0.4, 0.5) is 0 Å². The maximum atomic E-state index is 11.7. The van der Waals surface area contributed by atoms with Gasteiger partial charge in [-0.05, 0) is 33.4 Å². The number of benzene rings is 4. The highest BCUT2D eigenvalue weighted by Gasteiger charge is 2.00. The molecule has 2 nitrogen and oxygen atoms in total. The van der Waals surface area contributed by atoms with Crippen LogP contribution in [-0.4, -0.2) is 12.6 Å². The quantitative estimate of drug-likeness (QED) is 0.101. The Morgan fingerprint density at radius 3 is 0.881 bits per heavy atom. The highest BCUT2D eigenvalue weighted by molar-refractivity contribution is 6.08. The SMILES string of the molecule is O=CC(=CC=CC(=CC=CC=C(C=CC=C(C=O)c1ccccc1)c1ccccc1)c1ccccc1)c1ccccc1. The molecule has 0 atom stereocenters. The van der Waals surface area contributed by atoms with Gasteiger partial charge in [0, 0.05) is 11.1 Å². The van der Waals surface area contributed by atoms with E-state index in [0.717, 1.165) is 46.0 Å². The van der Waals surface area contributed by atoms with Gasteiger partial charge in [0.05, 0.1) is 0 Å². The summed E-state index contributed by atoms with van der Waals surface area (Å²) in [4.78, 5) is 23.4. The van der Waals surface area contributed by atoms with Gasteiger partial charge in [0.25, 0.3) is 0 Å². The van der Waals surface area contributed by atoms with Gasteiger partial charge in [0.1, 0.15) is 0 Å². The molecule has 0 spiro atoms. The van der Waals surface area contributed by atoms with E-state index in [1.165, 1.54) is 0 Å². The lowest BCUT2D eigenvalue weighted by Gasteiger charge is -2.02. The monoisotopic (exact) mass is 544 g/mol. The molecule has 0 amide bonds. The van der Waals surface area contributed by atoms with Crippen molar-refractivity contribution in [3.63, 3.8) is 0 Å². The molecule has 4 aromatic carbocycles. The van der Waals surface area contributed by atoms with Gasteiger partial charge in [-0.25, -0.2) is 0 Å². The lowest BCUT2D eigenvalue weighted by molar-refractivity contribution is -0.104. The Morgan fingerprint density at radius 1 is 0.333 bits per heavy atom. The van der Waals surface area contributed by atoms with E-state index in [9.17, 15) is 9.59 Å². The van der Waals surface area contributed by atoms with Gasteiger partial charge in [-0.2, -0.15) is 0 Å². The maximum absolute atomic E-state index is 11.7. The highest BCUT2D eigenvalue weighted by atomic mass is 16.1. The lowest BCUT2D eigenvalue weighted by atomic mass is 10.0. The van der Waals surface area contributed by atoms with Crippen LogP contribution in [-0.2, 0) is 9.59 Å². The zero-order valence-corrected chi connectivity index (χ0v) is 23.3. The second-order valence-electron chi connectivity index (χ2n) is 9.29. The van der Waals surface area contributed by atoms with Gasteiger partial charge >= 0.3 is 0 Å². The van der Waals surface area contributed by atoms with Crippen LogP contribution in [0, 0.1) is 0 Å². The number of hydrogen-bond donors (Lipinski definition) is 0. The molecule has 0 saturated carbocycles. The van der Waals surface area contributed by atoms with Gasteiger partial charge in [-0.3, -0.25) is 9.59 Å². The molecule has 2 heteroatoms. The second kappa shape index (κ2) is 16.5. The molecule has 204 valence electrons. The summed E-state index contributed by atoms with van der Waals surface area (Å²) in [5.41, 5.74) is 7.16. The summed E-state index contributed by atoms with van der Waals surface area (Å²) in [6.45, 7) is 0. The first kappa shape index (κ1) is 29.4. The summed E-state index contributed by atoms with van der Waals surface area (Å²) in [5.74, 6) is 0. The predicted octanol–water partition coefficient (Wildman–Crippen LogP) is 9.39. The smallest absolute Gasteiger partial charge is 0.150 e. The Labute approximate surface area is 248 Å². The number of rotatable bonds is 12. The van der Waals surface area contributed by atoms with E-state index in [1.54, 1.807) is 0 Å². The summed E-state index contributed by atoms with van der Waals surface area (Å²) in [5, 5.41) is 0. The van der Waals surface area contributed by atoms with E-state index in [2.05, 4.69) is 24.3 Å². The predicted molar refractivity (Wildman–Crippen MR) is 177 cm³/mol. The minimum atomic E-state index is 0.621. The van der Waals surface area contributed by atoms with Crippen molar-refractivity contribution in [2.45, 2.75) is 0 Å². The Hall–Kier alpha value is -5.60. The normalized spacial score (nSPS) is 13.2. The largest absolute Gasteiger partial charge is 0.298 e. The number of allylic oxidation sites excluding steroid dienone is 14. The van der Waals surface area contributed by atoms with Gasteiger partial charge in [-0.15, -0.1) is 0 Å². The first-order valence-corrected chi connectivity index (χ1v) is 13.8. The minimum Gasteiger partial charge on any atom is -0.298 e. The Morgan fingerprint density at radius 2 is 0.595 bits per heavy atom. The van der Waals surface area contributed by atoms with Gasteiger partial charge in [0.2, 0.25) is 0 Å². The van der Waals surface area contributed by atoms with Crippen molar-refractivity contribution in [2.75, 3.05) is 0 Å². The van der Waals surface area contributed by atoms with Crippen LogP contribution in [0.1, 0.15) is 22.3 Å². The number of aldehydes is 2. The second-order valence-corrected chi connectivity index (χ2v) is 9.29. The molecule has 0 aliphatic rings. The standard InChI is InChI=1S/C40H32O2/c41-31-39(37-21-9-3-10-22-37)29-15-27-35(33-17-5-1-6-18-33)25-13-14-26-36(34-19-7-2-8-20-34)28-16-30-40(32-42)38-23-11-4-12-24-38/h1-32H. The van der Waals surface area contributed by atoms with Crippen LogP contribution in [0.5, 0.6) is 0 Å². The van der Waals surface area contributed by atoms with E-state index in [-0.39, 0.29) is 0 Å². The molecule has 0 N–H and O–H groups in total. The van der Waals surface area contributed by atoms with Crippen LogP contribution in [0.15, 0.2) is 182 Å². The van der Waals surface area contributed by atoms with Gasteiger partial charge in [0.15, 0.2) is 12.6 Å². The molecule has 0 aliphatic heterocycles. The van der Waals surface area contributed by atoms with Gasteiger partial charge < -0.3 is 0 Å². The zero-order chi connectivity index (χ0) is 29.2. The summed E-state index contributed by atoms with van der Waals surface area (Å²) in [6, 6.07) is 39.5. The highest BCUT2D eigenvalue weighted by Crippen LogP contribution is 2.20. The lowest BCUT2D eigenvalue weighted by Crippen LogP contribution is -1.84. The average molecular weight is 545 g/mol. The van der Waals surface area contributed by atoms with Crippen molar-refractivity contribution in [2.24, 2.45) is 0 Å². The van der Waals surface area contributed by atoms with Crippen molar-refractivity contribution in [1.82, 2.24) is 0 Å². The van der Waals surface area contributed by atoms with E-state index in [4.69, 9.17) is 0 Å². The summed E-state index contributed by atoms with van der Waals surface area (Å²) >= 11 is 0. The zero-order valence-electron chi connectivity index (χ0n) is 23.3. The summed E-state index contributed by atoms with van der Waals surface area (Å²) < 4.78 is 0. The molecule has 0 radical (unpaired) electrons. The van der Waals surface area contributed by atoms with Crippen LogP contribution < -0.4 is 0 Å². The molecule has 0 aromatic heterocycles. The molecule has 0 fully saturated rings. The van der Waals surface area contributed by atoms with Crippen molar-refractivity contribution in [1.29, 1.82) is 0 Å². The summed E-state index contributed by atoms with van der Waals surface area (Å²) in [6.07, 6.45) is 21.3. The Kier molecular flexibility index (Phi) is 11.5. The van der Waals surface area contributed by atoms with E-state index < -0.39 is 0 Å². The number of carbonyl (C=O) groups excluding carboxylic acids is 2. The first-order chi connectivity index (χ1) is 20.8. The third-order valence-electron chi connectivity index (χ3n) is 6.45. The minimum absolute atomic E-state index is 0.621. The fourth-order valence-electron chi connectivity index (χ4n) is 4.25. The van der Waals surface area contributed by atoms with Crippen LogP contribution in [0.3, 0.4) is 0 Å². The van der Waals surface area contributed by atoms with Gasteiger partial charge in [-0.1, -0.05) is 182 Å². The summed E-state index contributed by atoms with van der Waals surface area (Å²) in [7, 11) is 0. The molecule has 42 heavy (non-hydrogen) atoms. The fourth-order valence-corrected chi connectivity index (χ4v) is 4.25. The molecular formula is C40H32O2. The van der Waals surface area contributed by atoms with Crippen LogP contribution in [0.2, 0.25) is 0 Å². The van der Waals surface area contributed by atoms with Crippen molar-refractivity contribution in [3.05, 3.63) is 204 Å². The van der Waals surface area contributed by atoms with E-state index in [1.807, 2.05) is 158 Å². The molecule has 4 aromatic rings. The molecule has 4 rings (SSSR count). The molecule has 0 heterocycles. The molecule has 0 aliphatic carbocycles. The van der Waals surface area contributed by atoms with Crippen LogP contribution in [0.25, 0.3) is 22.3 Å². The van der Waals surface area contributed by atoms with E-state index in [0.29, 0.717) is 11.1 Å². The van der Waals surface area contributed by atoms with E-state index >= 15 is 0 Å². The number of carbonyl (C=O) groups is 2. The first-order valence-electron chi connectivity index (χ1n) is 13.8. The fraction of sp³-hybridized carbons (Fsp3) is 0. The molecular weight excluding hydrogens is 512 g/mol. The van der Waals surface area contributed by atoms with Crippen LogP contribution >= 0.6 is 0 Å². The van der Waals surface area contributed by atoms with Crippen molar-refractivity contribution >= 4 is 34.9 Å². The topological polar surface area (TPSA) is 34.1 Å². The molecule has 0 saturated heterocycles. The third kappa shape index (κ3) is 8.97. The Balaban J connectivity index is 1.61. The van der Waals surface area contributed by atoms with Crippen molar-refractivity contribution in [3.8, 4) is 0 Å². The van der Waals surface area contributed by atoms with Crippen molar-refractivity contribution < 1.29 is 9.59 Å². The molecule has 0 unspecified atom stereocenters. The third-order valence-corrected chi connectivity index (χ3v) is 6.45. The average Bonchev–Trinajstić information content (AvgIpc) is 3.06. The maximum Gasteiger partial charge on any atom is 0.150 e. The Bertz CT molecular complexity index is 1520. The molecule has 0 bridgehead atoms. The number of hydrogen-bond acceptors (Lipinski definition) is 2.